The number of Topliss-reactive ketones (excluding diaryl/α,β-unsaturated/α-hetero) is 1. The van der Waals surface area contributed by atoms with Gasteiger partial charge in [-0.3, -0.25) is 9.69 Å². The second-order valence-corrected chi connectivity index (χ2v) is 5.06. The third-order valence-electron chi connectivity index (χ3n) is 3.42. The molecule has 1 fully saturated rings. The van der Waals surface area contributed by atoms with Crippen molar-refractivity contribution >= 4 is 11.9 Å². The Morgan fingerprint density at radius 1 is 1.35 bits per heavy atom. The highest BCUT2D eigenvalue weighted by Gasteiger charge is 2.25. The molecule has 0 spiro atoms. The summed E-state index contributed by atoms with van der Waals surface area (Å²) in [6.07, 6.45) is 0.910. The number of methoxy groups -OCH3 is 1. The molecule has 1 heterocycles. The Labute approximate surface area is 118 Å². The normalized spacial score (nSPS) is 18.8. The topological polar surface area (TPSA) is 58.6 Å². The standard InChI is InChI=1S/C15H20N2O3/c1-20-15(19)16-13-7-8-17(10-13)11-14(18)9-12-5-3-2-4-6-12/h2-6,13H,7-11H2,1H3,(H,16,19). The molecule has 0 aliphatic carbocycles. The van der Waals surface area contributed by atoms with Crippen molar-refractivity contribution in [2.75, 3.05) is 26.7 Å². The molecule has 0 bridgehead atoms. The summed E-state index contributed by atoms with van der Waals surface area (Å²) in [5, 5.41) is 2.77. The fourth-order valence-electron chi connectivity index (χ4n) is 2.45. The van der Waals surface area contributed by atoms with Crippen LogP contribution in [0.5, 0.6) is 0 Å². The van der Waals surface area contributed by atoms with Crippen LogP contribution >= 0.6 is 0 Å². The summed E-state index contributed by atoms with van der Waals surface area (Å²) < 4.78 is 4.57. The first-order valence-corrected chi connectivity index (χ1v) is 6.80. The SMILES string of the molecule is COC(=O)NC1CCN(CC(=O)Cc2ccccc2)C1. The Bertz CT molecular complexity index is 461. The smallest absolute Gasteiger partial charge is 0.407 e. The van der Waals surface area contributed by atoms with Crippen molar-refractivity contribution in [1.82, 2.24) is 10.2 Å². The number of nitrogens with zero attached hydrogens (tertiary/aromatic N) is 1. The third kappa shape index (κ3) is 4.35. The molecule has 1 saturated heterocycles. The highest BCUT2D eigenvalue weighted by molar-refractivity contribution is 5.82. The molecule has 1 aromatic carbocycles. The molecule has 0 saturated carbocycles. The number of alkyl carbamates (subject to hydrolysis) is 1. The second kappa shape index (κ2) is 7.05. The predicted octanol–water partition coefficient (Wildman–Crippen LogP) is 1.23. The number of likely N-dealkylation sites (tertiary alicyclic amines) is 1. The quantitative estimate of drug-likeness (QED) is 0.878. The lowest BCUT2D eigenvalue weighted by atomic mass is 10.1. The van der Waals surface area contributed by atoms with Crippen LogP contribution in [0.15, 0.2) is 30.3 Å². The van der Waals surface area contributed by atoms with Gasteiger partial charge in [0.05, 0.1) is 13.7 Å². The van der Waals surface area contributed by atoms with Crippen molar-refractivity contribution in [3.8, 4) is 0 Å². The lowest BCUT2D eigenvalue weighted by Gasteiger charge is -2.15. The summed E-state index contributed by atoms with van der Waals surface area (Å²) in [6, 6.07) is 9.82. The molecular weight excluding hydrogens is 256 g/mol. The van der Waals surface area contributed by atoms with Crippen LogP contribution < -0.4 is 5.32 Å². The van der Waals surface area contributed by atoms with E-state index in [1.165, 1.54) is 7.11 Å². The van der Waals surface area contributed by atoms with E-state index in [1.807, 2.05) is 30.3 Å². The van der Waals surface area contributed by atoms with E-state index in [-0.39, 0.29) is 11.8 Å². The molecule has 2 rings (SSSR count). The van der Waals surface area contributed by atoms with E-state index < -0.39 is 6.09 Å². The molecule has 0 radical (unpaired) electrons. The highest BCUT2D eigenvalue weighted by Crippen LogP contribution is 2.10. The van der Waals surface area contributed by atoms with Crippen molar-refractivity contribution in [3.63, 3.8) is 0 Å². The van der Waals surface area contributed by atoms with Crippen LogP contribution in [0.2, 0.25) is 0 Å². The highest BCUT2D eigenvalue weighted by atomic mass is 16.5. The Balaban J connectivity index is 1.74. The van der Waals surface area contributed by atoms with E-state index in [9.17, 15) is 9.59 Å². The van der Waals surface area contributed by atoms with Crippen LogP contribution in [-0.2, 0) is 16.0 Å². The Morgan fingerprint density at radius 2 is 2.10 bits per heavy atom. The summed E-state index contributed by atoms with van der Waals surface area (Å²) >= 11 is 0. The number of carbonyl (C=O) groups is 2. The molecule has 108 valence electrons. The summed E-state index contributed by atoms with van der Waals surface area (Å²) in [7, 11) is 1.35. The van der Waals surface area contributed by atoms with Gasteiger partial charge >= 0.3 is 6.09 Å². The minimum absolute atomic E-state index is 0.0759. The molecule has 1 atom stereocenters. The number of ketones is 1. The number of nitrogens with one attached hydrogen (secondary N) is 1. The van der Waals surface area contributed by atoms with Crippen molar-refractivity contribution < 1.29 is 14.3 Å². The van der Waals surface area contributed by atoms with E-state index >= 15 is 0 Å². The van der Waals surface area contributed by atoms with Crippen LogP contribution in [0.25, 0.3) is 0 Å². The van der Waals surface area contributed by atoms with E-state index in [0.717, 1.165) is 18.5 Å². The molecular formula is C15H20N2O3. The number of amides is 1. The molecule has 5 heteroatoms. The van der Waals surface area contributed by atoms with Crippen LogP contribution in [0.1, 0.15) is 12.0 Å². The van der Waals surface area contributed by atoms with Crippen LogP contribution in [0.4, 0.5) is 4.79 Å². The lowest BCUT2D eigenvalue weighted by molar-refractivity contribution is -0.119. The van der Waals surface area contributed by atoms with E-state index in [1.54, 1.807) is 0 Å². The zero-order valence-electron chi connectivity index (χ0n) is 11.7. The summed E-state index contributed by atoms with van der Waals surface area (Å²) in [5.41, 5.74) is 1.04. The minimum atomic E-state index is -0.410. The van der Waals surface area contributed by atoms with E-state index in [0.29, 0.717) is 19.5 Å². The number of benzene rings is 1. The van der Waals surface area contributed by atoms with Gasteiger partial charge in [-0.2, -0.15) is 0 Å². The van der Waals surface area contributed by atoms with Gasteiger partial charge in [0.15, 0.2) is 5.78 Å². The number of hydrogen-bond acceptors (Lipinski definition) is 4. The molecule has 1 unspecified atom stereocenters. The predicted molar refractivity (Wildman–Crippen MR) is 75.5 cm³/mol. The van der Waals surface area contributed by atoms with Gasteiger partial charge < -0.3 is 10.1 Å². The maximum absolute atomic E-state index is 12.0. The number of carbonyl (C=O) groups excluding carboxylic acids is 2. The Hall–Kier alpha value is -1.88. The van der Waals surface area contributed by atoms with Gasteiger partial charge in [-0.05, 0) is 12.0 Å². The molecule has 1 amide bonds. The molecule has 1 aliphatic rings. The van der Waals surface area contributed by atoms with Gasteiger partial charge in [0.25, 0.3) is 0 Å². The Kier molecular flexibility index (Phi) is 5.12. The van der Waals surface area contributed by atoms with Crippen LogP contribution in [0.3, 0.4) is 0 Å². The zero-order valence-corrected chi connectivity index (χ0v) is 11.7. The number of rotatable bonds is 5. The van der Waals surface area contributed by atoms with E-state index in [2.05, 4.69) is 15.0 Å². The van der Waals surface area contributed by atoms with Crippen LogP contribution in [-0.4, -0.2) is 49.6 Å². The maximum atomic E-state index is 12.0. The molecule has 1 aromatic rings. The minimum Gasteiger partial charge on any atom is -0.453 e. The van der Waals surface area contributed by atoms with Crippen molar-refractivity contribution in [2.45, 2.75) is 18.9 Å². The summed E-state index contributed by atoms with van der Waals surface area (Å²) in [6.45, 7) is 1.97. The van der Waals surface area contributed by atoms with Gasteiger partial charge in [0, 0.05) is 25.6 Å². The number of ether oxygens (including phenoxy) is 1. The Morgan fingerprint density at radius 3 is 2.80 bits per heavy atom. The van der Waals surface area contributed by atoms with Crippen molar-refractivity contribution in [3.05, 3.63) is 35.9 Å². The van der Waals surface area contributed by atoms with E-state index in [4.69, 9.17) is 0 Å². The van der Waals surface area contributed by atoms with Gasteiger partial charge in [-0.15, -0.1) is 0 Å². The van der Waals surface area contributed by atoms with Gasteiger partial charge in [-0.1, -0.05) is 30.3 Å². The van der Waals surface area contributed by atoms with Crippen molar-refractivity contribution in [1.29, 1.82) is 0 Å². The van der Waals surface area contributed by atoms with Gasteiger partial charge in [0.1, 0.15) is 0 Å². The van der Waals surface area contributed by atoms with Gasteiger partial charge in [-0.25, -0.2) is 4.79 Å². The fourth-order valence-corrected chi connectivity index (χ4v) is 2.45. The average Bonchev–Trinajstić information content (AvgIpc) is 2.86. The first-order chi connectivity index (χ1) is 9.67. The lowest BCUT2D eigenvalue weighted by Crippen LogP contribution is -2.38. The van der Waals surface area contributed by atoms with Crippen LogP contribution in [0, 0.1) is 0 Å². The molecule has 0 aromatic heterocycles. The summed E-state index contributed by atoms with van der Waals surface area (Å²) in [4.78, 5) is 25.2. The van der Waals surface area contributed by atoms with Crippen molar-refractivity contribution in [2.24, 2.45) is 0 Å². The zero-order chi connectivity index (χ0) is 14.4. The summed E-state index contributed by atoms with van der Waals surface area (Å²) in [5.74, 6) is 0.204. The maximum Gasteiger partial charge on any atom is 0.407 e. The molecule has 20 heavy (non-hydrogen) atoms. The molecule has 5 nitrogen and oxygen atoms in total. The monoisotopic (exact) mass is 276 g/mol. The van der Waals surface area contributed by atoms with Gasteiger partial charge in [0.2, 0.25) is 0 Å². The first kappa shape index (κ1) is 14.5. The molecule has 1 N–H and O–H groups in total. The largest absolute Gasteiger partial charge is 0.453 e. The second-order valence-electron chi connectivity index (χ2n) is 5.06. The fraction of sp³-hybridized carbons (Fsp3) is 0.467. The average molecular weight is 276 g/mol. The molecule has 1 aliphatic heterocycles. The first-order valence-electron chi connectivity index (χ1n) is 6.80. The third-order valence-corrected chi connectivity index (χ3v) is 3.42. The number of hydrogen-bond donors (Lipinski definition) is 1.